The maximum atomic E-state index is 5.91. The molecule has 1 rings (SSSR count). The van der Waals surface area contributed by atoms with E-state index in [0.717, 1.165) is 5.69 Å². The summed E-state index contributed by atoms with van der Waals surface area (Å²) in [4.78, 5) is 0. The predicted octanol–water partition coefficient (Wildman–Crippen LogP) is 1.36. The smallest absolute Gasteiger partial charge is 0.163 e. The van der Waals surface area contributed by atoms with Crippen LogP contribution in [0.4, 0.5) is 11.4 Å². The van der Waals surface area contributed by atoms with Gasteiger partial charge in [-0.2, -0.15) is 0 Å². The summed E-state index contributed by atoms with van der Waals surface area (Å²) >= 11 is 0. The maximum absolute atomic E-state index is 5.91. The Hall–Kier alpha value is -1.66. The third kappa shape index (κ3) is 4.84. The third-order valence-corrected chi connectivity index (χ3v) is 2.48. The molecule has 0 saturated carbocycles. The van der Waals surface area contributed by atoms with Crippen molar-refractivity contribution >= 4 is 11.4 Å². The second-order valence-electron chi connectivity index (χ2n) is 3.82. The highest BCUT2D eigenvalue weighted by atomic mass is 16.5. The molecule has 19 heavy (non-hydrogen) atoms. The van der Waals surface area contributed by atoms with Gasteiger partial charge in [0.05, 0.1) is 24.6 Å². The summed E-state index contributed by atoms with van der Waals surface area (Å²) in [6.45, 7) is 1.90. The average molecular weight is 270 g/mol. The van der Waals surface area contributed by atoms with Crippen molar-refractivity contribution in [1.29, 1.82) is 0 Å². The van der Waals surface area contributed by atoms with Crippen LogP contribution in [0.15, 0.2) is 12.1 Å². The highest BCUT2D eigenvalue weighted by Gasteiger charge is 2.10. The fourth-order valence-electron chi connectivity index (χ4n) is 1.49. The molecule has 0 unspecified atom stereocenters. The van der Waals surface area contributed by atoms with Gasteiger partial charge >= 0.3 is 0 Å². The van der Waals surface area contributed by atoms with E-state index in [1.54, 1.807) is 27.3 Å². The van der Waals surface area contributed by atoms with Gasteiger partial charge in [-0.05, 0) is 0 Å². The van der Waals surface area contributed by atoms with Crippen molar-refractivity contribution in [3.8, 4) is 11.5 Å². The van der Waals surface area contributed by atoms with Gasteiger partial charge in [-0.1, -0.05) is 0 Å². The van der Waals surface area contributed by atoms with E-state index >= 15 is 0 Å². The molecule has 0 fully saturated rings. The first-order valence-electron chi connectivity index (χ1n) is 6.07. The van der Waals surface area contributed by atoms with Crippen molar-refractivity contribution in [1.82, 2.24) is 0 Å². The van der Waals surface area contributed by atoms with Crippen LogP contribution in [0.5, 0.6) is 11.5 Å². The zero-order valence-corrected chi connectivity index (χ0v) is 11.7. The van der Waals surface area contributed by atoms with E-state index in [1.807, 2.05) is 6.07 Å². The van der Waals surface area contributed by atoms with Gasteiger partial charge in [0.2, 0.25) is 0 Å². The third-order valence-electron chi connectivity index (χ3n) is 2.48. The Morgan fingerprint density at radius 3 is 1.95 bits per heavy atom. The van der Waals surface area contributed by atoms with Gasteiger partial charge < -0.3 is 30.0 Å². The van der Waals surface area contributed by atoms with E-state index < -0.39 is 0 Å². The van der Waals surface area contributed by atoms with E-state index in [2.05, 4.69) is 5.32 Å². The van der Waals surface area contributed by atoms with Crippen LogP contribution in [0.2, 0.25) is 0 Å². The standard InChI is InChI=1S/C13H22N2O4/c1-15-11-9-13(19-7-5-17-3)12(8-10(11)14)18-6-4-16-2/h8-9,15H,4-7,14H2,1-3H3. The number of benzene rings is 1. The van der Waals surface area contributed by atoms with Gasteiger partial charge in [-0.25, -0.2) is 0 Å². The molecule has 0 aliphatic rings. The molecule has 0 heterocycles. The Kier molecular flexibility index (Phi) is 6.84. The topological polar surface area (TPSA) is 75.0 Å². The fraction of sp³-hybridized carbons (Fsp3) is 0.538. The second kappa shape index (κ2) is 8.44. The number of nitrogen functional groups attached to an aromatic ring is 1. The Morgan fingerprint density at radius 2 is 1.47 bits per heavy atom. The first-order valence-corrected chi connectivity index (χ1v) is 6.07. The molecule has 1 aromatic carbocycles. The van der Waals surface area contributed by atoms with Crippen LogP contribution < -0.4 is 20.5 Å². The zero-order chi connectivity index (χ0) is 14.1. The zero-order valence-electron chi connectivity index (χ0n) is 11.7. The minimum absolute atomic E-state index is 0.440. The molecule has 1 aromatic rings. The van der Waals surface area contributed by atoms with E-state index in [1.165, 1.54) is 0 Å². The molecular weight excluding hydrogens is 248 g/mol. The SMILES string of the molecule is CNc1cc(OCCOC)c(OCCOC)cc1N. The normalized spacial score (nSPS) is 10.3. The van der Waals surface area contributed by atoms with Crippen molar-refractivity contribution in [3.63, 3.8) is 0 Å². The van der Waals surface area contributed by atoms with Crippen molar-refractivity contribution in [3.05, 3.63) is 12.1 Å². The molecule has 0 atom stereocenters. The number of methoxy groups -OCH3 is 2. The van der Waals surface area contributed by atoms with E-state index in [-0.39, 0.29) is 0 Å². The number of rotatable bonds is 9. The van der Waals surface area contributed by atoms with Gasteiger partial charge in [0, 0.05) is 33.4 Å². The number of nitrogens with one attached hydrogen (secondary N) is 1. The molecule has 0 aliphatic carbocycles. The van der Waals surface area contributed by atoms with Gasteiger partial charge in [0.25, 0.3) is 0 Å². The van der Waals surface area contributed by atoms with E-state index in [4.69, 9.17) is 24.7 Å². The molecule has 3 N–H and O–H groups in total. The lowest BCUT2D eigenvalue weighted by atomic mass is 10.2. The first kappa shape index (κ1) is 15.4. The lowest BCUT2D eigenvalue weighted by Gasteiger charge is -2.15. The largest absolute Gasteiger partial charge is 0.487 e. The number of hydrogen-bond acceptors (Lipinski definition) is 6. The molecular formula is C13H22N2O4. The quantitative estimate of drug-likeness (QED) is 0.521. The lowest BCUT2D eigenvalue weighted by molar-refractivity contribution is 0.132. The molecule has 0 aromatic heterocycles. The fourth-order valence-corrected chi connectivity index (χ4v) is 1.49. The van der Waals surface area contributed by atoms with E-state index in [9.17, 15) is 0 Å². The van der Waals surface area contributed by atoms with Crippen LogP contribution in [0.25, 0.3) is 0 Å². The summed E-state index contributed by atoms with van der Waals surface area (Å²) in [5, 5.41) is 3.00. The highest BCUT2D eigenvalue weighted by molar-refractivity contribution is 5.71. The van der Waals surface area contributed by atoms with Gasteiger partial charge in [-0.3, -0.25) is 0 Å². The number of anilines is 2. The van der Waals surface area contributed by atoms with Crippen LogP contribution in [0.1, 0.15) is 0 Å². The molecule has 108 valence electrons. The van der Waals surface area contributed by atoms with Gasteiger partial charge in [0.15, 0.2) is 11.5 Å². The Morgan fingerprint density at radius 1 is 0.947 bits per heavy atom. The number of ether oxygens (including phenoxy) is 4. The first-order chi connectivity index (χ1) is 9.22. The molecule has 0 spiro atoms. The Balaban J connectivity index is 2.81. The van der Waals surface area contributed by atoms with Crippen molar-refractivity contribution in [2.45, 2.75) is 0 Å². The Bertz CT molecular complexity index is 385. The minimum Gasteiger partial charge on any atom is -0.487 e. The van der Waals surface area contributed by atoms with Crippen LogP contribution in [0, 0.1) is 0 Å². The van der Waals surface area contributed by atoms with Crippen LogP contribution in [0.3, 0.4) is 0 Å². The minimum atomic E-state index is 0.440. The summed E-state index contributed by atoms with van der Waals surface area (Å²) in [6, 6.07) is 3.55. The van der Waals surface area contributed by atoms with Crippen LogP contribution in [-0.4, -0.2) is 47.7 Å². The van der Waals surface area contributed by atoms with Crippen LogP contribution >= 0.6 is 0 Å². The molecule has 0 amide bonds. The van der Waals surface area contributed by atoms with Crippen LogP contribution in [-0.2, 0) is 9.47 Å². The number of nitrogens with two attached hydrogens (primary N) is 1. The molecule has 0 radical (unpaired) electrons. The van der Waals surface area contributed by atoms with Crippen molar-refractivity contribution < 1.29 is 18.9 Å². The summed E-state index contributed by atoms with van der Waals surface area (Å²) < 4.78 is 21.1. The van der Waals surface area contributed by atoms with Gasteiger partial charge in [-0.15, -0.1) is 0 Å². The molecule has 0 aliphatic heterocycles. The average Bonchev–Trinajstić information content (AvgIpc) is 2.41. The molecule has 0 bridgehead atoms. The molecule has 0 saturated heterocycles. The highest BCUT2D eigenvalue weighted by Crippen LogP contribution is 2.35. The summed E-state index contributed by atoms with van der Waals surface area (Å²) in [6.07, 6.45) is 0. The molecule has 6 heteroatoms. The Labute approximate surface area is 113 Å². The van der Waals surface area contributed by atoms with E-state index in [0.29, 0.717) is 43.6 Å². The van der Waals surface area contributed by atoms with Gasteiger partial charge in [0.1, 0.15) is 13.2 Å². The maximum Gasteiger partial charge on any atom is 0.163 e. The predicted molar refractivity (Wildman–Crippen MR) is 75.1 cm³/mol. The second-order valence-corrected chi connectivity index (χ2v) is 3.82. The summed E-state index contributed by atoms with van der Waals surface area (Å²) in [5.74, 6) is 1.23. The summed E-state index contributed by atoms with van der Waals surface area (Å²) in [7, 11) is 5.05. The molecule has 6 nitrogen and oxygen atoms in total. The lowest BCUT2D eigenvalue weighted by Crippen LogP contribution is -2.09. The number of hydrogen-bond donors (Lipinski definition) is 2. The summed E-state index contributed by atoms with van der Waals surface area (Å²) in [5.41, 5.74) is 7.31. The van der Waals surface area contributed by atoms with Crippen molar-refractivity contribution in [2.75, 3.05) is 58.7 Å². The van der Waals surface area contributed by atoms with Crippen molar-refractivity contribution in [2.24, 2.45) is 0 Å². The monoisotopic (exact) mass is 270 g/mol.